The number of hydrogen-bond acceptors (Lipinski definition) is 4. The number of rotatable bonds is 8. The van der Waals surface area contributed by atoms with E-state index in [0.717, 1.165) is 25.1 Å². The van der Waals surface area contributed by atoms with Gasteiger partial charge < -0.3 is 10.2 Å². The largest absolute Gasteiger partial charge is 0.373 e. The predicted octanol–water partition coefficient (Wildman–Crippen LogP) is 3.78. The van der Waals surface area contributed by atoms with Crippen LogP contribution in [-0.4, -0.2) is 36.0 Å². The summed E-state index contributed by atoms with van der Waals surface area (Å²) in [5.74, 6) is -0.0525. The molecule has 0 unspecified atom stereocenters. The van der Waals surface area contributed by atoms with E-state index in [2.05, 4.69) is 26.3 Å². The Morgan fingerprint density at radius 2 is 2.00 bits per heavy atom. The number of allylic oxidation sites excluding steroid dienone is 1. The minimum Gasteiger partial charge on any atom is -0.373 e. The Kier molecular flexibility index (Phi) is 6.97. The fourth-order valence-corrected chi connectivity index (χ4v) is 3.31. The highest BCUT2D eigenvalue weighted by Gasteiger charge is 2.10. The number of nitrogens with one attached hydrogen (secondary N) is 1. The van der Waals surface area contributed by atoms with Crippen LogP contribution in [0.25, 0.3) is 0 Å². The third kappa shape index (κ3) is 5.91. The number of amides is 1. The van der Waals surface area contributed by atoms with Crippen LogP contribution in [0, 0.1) is 0 Å². The summed E-state index contributed by atoms with van der Waals surface area (Å²) in [6.07, 6.45) is 16.2. The predicted molar refractivity (Wildman–Crippen MR) is 109 cm³/mol. The van der Waals surface area contributed by atoms with Crippen LogP contribution in [0.5, 0.6) is 0 Å². The first-order valence-corrected chi connectivity index (χ1v) is 9.73. The summed E-state index contributed by atoms with van der Waals surface area (Å²) in [5, 5.41) is 3.03. The molecule has 0 bridgehead atoms. The first-order chi connectivity index (χ1) is 13.2. The number of hydrogen-bond donors (Lipinski definition) is 1. The van der Waals surface area contributed by atoms with Gasteiger partial charge >= 0.3 is 0 Å². The Balaban J connectivity index is 1.51. The summed E-state index contributed by atoms with van der Waals surface area (Å²) >= 11 is 0. The number of pyridine rings is 2. The second-order valence-electron chi connectivity index (χ2n) is 7.07. The van der Waals surface area contributed by atoms with Gasteiger partial charge in [0.05, 0.1) is 17.4 Å². The second kappa shape index (κ2) is 9.86. The van der Waals surface area contributed by atoms with Crippen molar-refractivity contribution in [2.45, 2.75) is 38.5 Å². The standard InChI is InChI=1S/C22H28N4O/c1-26(14-10-19-7-11-23-12-8-19)21-15-20(16-24-17-21)22(27)25-13-9-18-5-3-2-4-6-18/h5,7-8,11-12,15-17H,2-4,6,9-10,13-14H2,1H3,(H,25,27). The Hall–Kier alpha value is -2.69. The average molecular weight is 364 g/mol. The molecule has 0 aliphatic heterocycles. The van der Waals surface area contributed by atoms with Gasteiger partial charge in [-0.3, -0.25) is 14.8 Å². The van der Waals surface area contributed by atoms with E-state index in [1.54, 1.807) is 12.4 Å². The normalized spacial score (nSPS) is 13.7. The van der Waals surface area contributed by atoms with Crippen molar-refractivity contribution < 1.29 is 4.79 Å². The van der Waals surface area contributed by atoms with Crippen LogP contribution in [0.2, 0.25) is 0 Å². The molecule has 1 aliphatic carbocycles. The highest BCUT2D eigenvalue weighted by Crippen LogP contribution is 2.19. The maximum atomic E-state index is 12.4. The summed E-state index contributed by atoms with van der Waals surface area (Å²) in [7, 11) is 2.02. The number of likely N-dealkylation sites (N-methyl/N-ethyl adjacent to an activating group) is 1. The van der Waals surface area contributed by atoms with Gasteiger partial charge in [0.25, 0.3) is 5.91 Å². The molecule has 142 valence electrons. The highest BCUT2D eigenvalue weighted by atomic mass is 16.1. The molecular formula is C22H28N4O. The summed E-state index contributed by atoms with van der Waals surface area (Å²) in [5.41, 5.74) is 4.28. The minimum absolute atomic E-state index is 0.0525. The summed E-state index contributed by atoms with van der Waals surface area (Å²) in [6, 6.07) is 5.96. The van der Waals surface area contributed by atoms with E-state index in [4.69, 9.17) is 0 Å². The van der Waals surface area contributed by atoms with E-state index < -0.39 is 0 Å². The van der Waals surface area contributed by atoms with E-state index in [9.17, 15) is 4.79 Å². The average Bonchev–Trinajstić information content (AvgIpc) is 2.73. The lowest BCUT2D eigenvalue weighted by Crippen LogP contribution is -2.26. The van der Waals surface area contributed by atoms with Gasteiger partial charge in [0.1, 0.15) is 0 Å². The molecule has 1 aliphatic rings. The Morgan fingerprint density at radius 3 is 2.78 bits per heavy atom. The van der Waals surface area contributed by atoms with Crippen LogP contribution in [0.4, 0.5) is 5.69 Å². The van der Waals surface area contributed by atoms with Crippen LogP contribution in [0.15, 0.2) is 54.6 Å². The summed E-state index contributed by atoms with van der Waals surface area (Å²) in [4.78, 5) is 22.9. The van der Waals surface area contributed by atoms with Gasteiger partial charge in [0.2, 0.25) is 0 Å². The molecule has 27 heavy (non-hydrogen) atoms. The number of carbonyl (C=O) groups is 1. The zero-order chi connectivity index (χ0) is 18.9. The van der Waals surface area contributed by atoms with E-state index in [1.165, 1.54) is 36.8 Å². The van der Waals surface area contributed by atoms with Crippen LogP contribution < -0.4 is 10.2 Å². The van der Waals surface area contributed by atoms with Gasteiger partial charge in [-0.25, -0.2) is 0 Å². The summed E-state index contributed by atoms with van der Waals surface area (Å²) < 4.78 is 0. The number of carbonyl (C=O) groups excluding carboxylic acids is 1. The number of anilines is 1. The zero-order valence-electron chi connectivity index (χ0n) is 16.0. The van der Waals surface area contributed by atoms with Gasteiger partial charge in [-0.05, 0) is 62.3 Å². The van der Waals surface area contributed by atoms with Gasteiger partial charge in [-0.2, -0.15) is 0 Å². The van der Waals surface area contributed by atoms with Crippen LogP contribution >= 0.6 is 0 Å². The molecule has 0 radical (unpaired) electrons. The van der Waals surface area contributed by atoms with Gasteiger partial charge in [-0.15, -0.1) is 0 Å². The van der Waals surface area contributed by atoms with Crippen LogP contribution in [-0.2, 0) is 6.42 Å². The van der Waals surface area contributed by atoms with Crippen molar-refractivity contribution in [3.05, 3.63) is 65.8 Å². The summed E-state index contributed by atoms with van der Waals surface area (Å²) in [6.45, 7) is 1.54. The molecule has 0 atom stereocenters. The quantitative estimate of drug-likeness (QED) is 0.724. The fraction of sp³-hybridized carbons (Fsp3) is 0.409. The molecule has 1 N–H and O–H groups in total. The molecule has 2 aromatic heterocycles. The first-order valence-electron chi connectivity index (χ1n) is 9.73. The van der Waals surface area contributed by atoms with Crippen molar-refractivity contribution in [3.63, 3.8) is 0 Å². The van der Waals surface area contributed by atoms with Crippen LogP contribution in [0.1, 0.15) is 48.0 Å². The van der Waals surface area contributed by atoms with Gasteiger partial charge in [0, 0.05) is 38.7 Å². The van der Waals surface area contributed by atoms with Crippen molar-refractivity contribution in [2.75, 3.05) is 25.0 Å². The molecule has 0 aromatic carbocycles. The third-order valence-electron chi connectivity index (χ3n) is 5.03. The monoisotopic (exact) mass is 364 g/mol. The van der Waals surface area contributed by atoms with E-state index in [-0.39, 0.29) is 5.91 Å². The Labute approximate surface area is 161 Å². The lowest BCUT2D eigenvalue weighted by Gasteiger charge is -2.19. The molecule has 2 aromatic rings. The van der Waals surface area contributed by atoms with Crippen molar-refractivity contribution in [1.29, 1.82) is 0 Å². The third-order valence-corrected chi connectivity index (χ3v) is 5.03. The van der Waals surface area contributed by atoms with Crippen molar-refractivity contribution in [2.24, 2.45) is 0 Å². The molecule has 2 heterocycles. The van der Waals surface area contributed by atoms with E-state index in [0.29, 0.717) is 12.1 Å². The molecule has 0 saturated carbocycles. The molecule has 3 rings (SSSR count). The Bertz CT molecular complexity index is 773. The van der Waals surface area contributed by atoms with Gasteiger partial charge in [0.15, 0.2) is 0 Å². The molecular weight excluding hydrogens is 336 g/mol. The fourth-order valence-electron chi connectivity index (χ4n) is 3.31. The smallest absolute Gasteiger partial charge is 0.252 e. The van der Waals surface area contributed by atoms with Crippen molar-refractivity contribution in [1.82, 2.24) is 15.3 Å². The lowest BCUT2D eigenvalue weighted by atomic mass is 9.97. The molecule has 5 nitrogen and oxygen atoms in total. The molecule has 0 fully saturated rings. The van der Waals surface area contributed by atoms with Crippen molar-refractivity contribution in [3.8, 4) is 0 Å². The molecule has 1 amide bonds. The van der Waals surface area contributed by atoms with Crippen LogP contribution in [0.3, 0.4) is 0 Å². The number of aromatic nitrogens is 2. The minimum atomic E-state index is -0.0525. The SMILES string of the molecule is CN(CCc1ccncc1)c1cncc(C(=O)NCCC2=CCCCC2)c1. The molecule has 0 saturated heterocycles. The lowest BCUT2D eigenvalue weighted by molar-refractivity contribution is 0.0953. The highest BCUT2D eigenvalue weighted by molar-refractivity contribution is 5.94. The van der Waals surface area contributed by atoms with E-state index in [1.807, 2.05) is 37.6 Å². The Morgan fingerprint density at radius 1 is 1.15 bits per heavy atom. The van der Waals surface area contributed by atoms with Gasteiger partial charge in [-0.1, -0.05) is 11.6 Å². The molecule has 5 heteroatoms. The van der Waals surface area contributed by atoms with Crippen molar-refractivity contribution >= 4 is 11.6 Å². The van der Waals surface area contributed by atoms with E-state index >= 15 is 0 Å². The maximum Gasteiger partial charge on any atom is 0.252 e. The zero-order valence-corrected chi connectivity index (χ0v) is 16.0. The number of nitrogens with zero attached hydrogens (tertiary/aromatic N) is 3. The first kappa shape index (κ1) is 19.1. The second-order valence-corrected chi connectivity index (χ2v) is 7.07. The maximum absolute atomic E-state index is 12.4. The molecule has 0 spiro atoms. The topological polar surface area (TPSA) is 58.1 Å².